The van der Waals surface area contributed by atoms with E-state index in [1.54, 1.807) is 14.7 Å². The van der Waals surface area contributed by atoms with E-state index in [9.17, 15) is 24.0 Å². The normalized spacial score (nSPS) is 29.9. The van der Waals surface area contributed by atoms with Crippen LogP contribution in [-0.4, -0.2) is 94.6 Å². The highest BCUT2D eigenvalue weighted by atomic mass is 16.2. The fourth-order valence-corrected chi connectivity index (χ4v) is 5.81. The van der Waals surface area contributed by atoms with Crippen LogP contribution in [0, 0.1) is 11.3 Å². The van der Waals surface area contributed by atoms with Crippen LogP contribution in [0.2, 0.25) is 0 Å². The number of hydrogen-bond donors (Lipinski definition) is 2. The van der Waals surface area contributed by atoms with E-state index in [-0.39, 0.29) is 59.5 Å². The Morgan fingerprint density at radius 2 is 1.74 bits per heavy atom. The fourth-order valence-electron chi connectivity index (χ4n) is 5.81. The Labute approximate surface area is 200 Å². The molecule has 0 aliphatic carbocycles. The summed E-state index contributed by atoms with van der Waals surface area (Å²) in [6, 6.07) is -2.02. The van der Waals surface area contributed by atoms with Crippen molar-refractivity contribution in [3.63, 3.8) is 0 Å². The van der Waals surface area contributed by atoms with Crippen molar-refractivity contribution in [2.45, 2.75) is 84.0 Å². The van der Waals surface area contributed by atoms with Crippen LogP contribution in [0.25, 0.3) is 0 Å². The third-order valence-electron chi connectivity index (χ3n) is 7.49. The van der Waals surface area contributed by atoms with Gasteiger partial charge in [-0.15, -0.1) is 0 Å². The summed E-state index contributed by atoms with van der Waals surface area (Å²) in [5, 5.41) is 5.99. The van der Waals surface area contributed by atoms with Gasteiger partial charge in [-0.05, 0) is 31.1 Å². The molecule has 4 aliphatic heterocycles. The van der Waals surface area contributed by atoms with Crippen molar-refractivity contribution in [1.82, 2.24) is 25.3 Å². The molecule has 188 valence electrons. The van der Waals surface area contributed by atoms with Crippen LogP contribution in [0.5, 0.6) is 0 Å². The Bertz CT molecular complexity index is 875. The third-order valence-corrected chi connectivity index (χ3v) is 7.49. The molecular formula is C24H37N5O5. The highest BCUT2D eigenvalue weighted by Crippen LogP contribution is 2.31. The monoisotopic (exact) mass is 475 g/mol. The lowest BCUT2D eigenvalue weighted by Gasteiger charge is -2.35. The number of likely N-dealkylation sites (tertiary alicyclic amines) is 2. The molecule has 34 heavy (non-hydrogen) atoms. The Kier molecular flexibility index (Phi) is 6.61. The summed E-state index contributed by atoms with van der Waals surface area (Å²) in [6.07, 6.45) is 2.46. The van der Waals surface area contributed by atoms with Gasteiger partial charge in [-0.1, -0.05) is 20.8 Å². The van der Waals surface area contributed by atoms with Crippen molar-refractivity contribution in [3.05, 3.63) is 0 Å². The van der Waals surface area contributed by atoms with Gasteiger partial charge in [0.2, 0.25) is 29.5 Å². The zero-order valence-electron chi connectivity index (χ0n) is 20.6. The molecule has 0 radical (unpaired) electrons. The van der Waals surface area contributed by atoms with Gasteiger partial charge in [-0.25, -0.2) is 0 Å². The number of amides is 5. The number of fused-ring (bicyclic) bond motifs is 2. The van der Waals surface area contributed by atoms with Gasteiger partial charge in [0.1, 0.15) is 12.1 Å². The second-order valence-corrected chi connectivity index (χ2v) is 11.4. The maximum atomic E-state index is 13.6. The van der Waals surface area contributed by atoms with Crippen molar-refractivity contribution >= 4 is 29.5 Å². The molecule has 5 amide bonds. The standard InChI is InChI=1S/C24H37N5O5/c1-14(30)27-8-5-15(6-9-27)22(33)28-10-7-17-20(28)23(34)29-13-16(11-18(29)21(32)26-17)25-19(31)12-24(2,3)4/h15-18,20H,5-13H2,1-4H3,(H,25,31)(H,26,32). The average molecular weight is 476 g/mol. The maximum absolute atomic E-state index is 13.6. The molecule has 0 aromatic carbocycles. The summed E-state index contributed by atoms with van der Waals surface area (Å²) in [4.78, 5) is 69.0. The van der Waals surface area contributed by atoms with Gasteiger partial charge < -0.3 is 25.3 Å². The van der Waals surface area contributed by atoms with E-state index in [0.717, 1.165) is 0 Å². The van der Waals surface area contributed by atoms with E-state index >= 15 is 0 Å². The summed E-state index contributed by atoms with van der Waals surface area (Å²) in [5.74, 6) is -0.787. The number of nitrogens with one attached hydrogen (secondary N) is 2. The summed E-state index contributed by atoms with van der Waals surface area (Å²) >= 11 is 0. The summed E-state index contributed by atoms with van der Waals surface area (Å²) in [7, 11) is 0. The van der Waals surface area contributed by atoms with Crippen LogP contribution in [0.3, 0.4) is 0 Å². The molecular weight excluding hydrogens is 438 g/mol. The largest absolute Gasteiger partial charge is 0.351 e. The van der Waals surface area contributed by atoms with E-state index in [4.69, 9.17) is 0 Å². The van der Waals surface area contributed by atoms with Crippen molar-refractivity contribution in [2.75, 3.05) is 26.2 Å². The smallest absolute Gasteiger partial charge is 0.248 e. The first-order valence-electron chi connectivity index (χ1n) is 12.4. The quantitative estimate of drug-likeness (QED) is 0.589. The topological polar surface area (TPSA) is 119 Å². The van der Waals surface area contributed by atoms with Gasteiger partial charge in [0.05, 0.1) is 6.04 Å². The van der Waals surface area contributed by atoms with Gasteiger partial charge in [0.25, 0.3) is 0 Å². The zero-order valence-corrected chi connectivity index (χ0v) is 20.6. The molecule has 4 saturated heterocycles. The van der Waals surface area contributed by atoms with Gasteiger partial charge in [0.15, 0.2) is 0 Å². The molecule has 4 fully saturated rings. The van der Waals surface area contributed by atoms with E-state index in [2.05, 4.69) is 10.6 Å². The van der Waals surface area contributed by atoms with Gasteiger partial charge in [-0.2, -0.15) is 0 Å². The number of hydrogen-bond acceptors (Lipinski definition) is 5. The van der Waals surface area contributed by atoms with E-state index in [1.165, 1.54) is 6.92 Å². The highest BCUT2D eigenvalue weighted by Gasteiger charge is 2.53. The summed E-state index contributed by atoms with van der Waals surface area (Å²) in [6.45, 7) is 9.28. The van der Waals surface area contributed by atoms with Crippen molar-refractivity contribution in [2.24, 2.45) is 11.3 Å². The Morgan fingerprint density at radius 1 is 1.06 bits per heavy atom. The fraction of sp³-hybridized carbons (Fsp3) is 0.792. The number of carbonyl (C=O) groups excluding carboxylic acids is 5. The van der Waals surface area contributed by atoms with Crippen molar-refractivity contribution in [1.29, 1.82) is 0 Å². The van der Waals surface area contributed by atoms with Crippen LogP contribution in [0.15, 0.2) is 0 Å². The Hall–Kier alpha value is -2.65. The van der Waals surface area contributed by atoms with Crippen LogP contribution in [-0.2, 0) is 24.0 Å². The minimum absolute atomic E-state index is 0.0121. The van der Waals surface area contributed by atoms with Gasteiger partial charge >= 0.3 is 0 Å². The lowest BCUT2D eigenvalue weighted by Crippen LogP contribution is -2.54. The SMILES string of the molecule is CC(=O)N1CCC(C(=O)N2CCC3NC(=O)C4CC(NC(=O)CC(C)(C)C)CN4C(=O)C32)CC1. The predicted molar refractivity (Wildman–Crippen MR) is 123 cm³/mol. The predicted octanol–water partition coefficient (Wildman–Crippen LogP) is -0.134. The van der Waals surface area contributed by atoms with Gasteiger partial charge in [0, 0.05) is 51.5 Å². The number of nitrogens with zero attached hydrogens (tertiary/aromatic N) is 3. The number of piperidine rings is 1. The molecule has 0 aromatic heterocycles. The van der Waals surface area contributed by atoms with Crippen LogP contribution < -0.4 is 10.6 Å². The maximum Gasteiger partial charge on any atom is 0.248 e. The molecule has 10 nitrogen and oxygen atoms in total. The first-order chi connectivity index (χ1) is 15.9. The van der Waals surface area contributed by atoms with E-state index in [1.807, 2.05) is 20.8 Å². The minimum atomic E-state index is -0.712. The molecule has 4 rings (SSSR count). The average Bonchev–Trinajstić information content (AvgIpc) is 3.33. The van der Waals surface area contributed by atoms with E-state index < -0.39 is 12.1 Å². The second kappa shape index (κ2) is 9.19. The third kappa shape index (κ3) is 4.90. The molecule has 10 heteroatoms. The van der Waals surface area contributed by atoms with Crippen LogP contribution in [0.4, 0.5) is 0 Å². The number of carbonyl (C=O) groups is 5. The van der Waals surface area contributed by atoms with Crippen LogP contribution >= 0.6 is 0 Å². The summed E-state index contributed by atoms with van der Waals surface area (Å²) < 4.78 is 0. The molecule has 0 aromatic rings. The molecule has 4 unspecified atom stereocenters. The molecule has 0 bridgehead atoms. The second-order valence-electron chi connectivity index (χ2n) is 11.4. The minimum Gasteiger partial charge on any atom is -0.351 e. The molecule has 4 heterocycles. The molecule has 2 N–H and O–H groups in total. The van der Waals surface area contributed by atoms with Crippen LogP contribution in [0.1, 0.15) is 59.8 Å². The Balaban J connectivity index is 1.44. The molecule has 0 spiro atoms. The van der Waals surface area contributed by atoms with Gasteiger partial charge in [-0.3, -0.25) is 24.0 Å². The zero-order chi connectivity index (χ0) is 24.8. The lowest BCUT2D eigenvalue weighted by atomic mass is 9.92. The molecule has 0 saturated carbocycles. The molecule has 4 atom stereocenters. The first-order valence-corrected chi connectivity index (χ1v) is 12.4. The highest BCUT2D eigenvalue weighted by molar-refractivity contribution is 5.97. The van der Waals surface area contributed by atoms with E-state index in [0.29, 0.717) is 51.7 Å². The summed E-state index contributed by atoms with van der Waals surface area (Å²) in [5.41, 5.74) is -0.154. The molecule has 4 aliphatic rings. The van der Waals surface area contributed by atoms with Crippen molar-refractivity contribution in [3.8, 4) is 0 Å². The first kappa shape index (κ1) is 24.5. The van der Waals surface area contributed by atoms with Crippen molar-refractivity contribution < 1.29 is 24.0 Å². The Morgan fingerprint density at radius 3 is 2.35 bits per heavy atom. The number of rotatable bonds is 3. The lowest BCUT2D eigenvalue weighted by molar-refractivity contribution is -0.148.